The van der Waals surface area contributed by atoms with E-state index in [4.69, 9.17) is 28.4 Å². The van der Waals surface area contributed by atoms with Gasteiger partial charge in [0.05, 0.1) is 54.9 Å². The Morgan fingerprint density at radius 1 is 1.12 bits per heavy atom. The van der Waals surface area contributed by atoms with Gasteiger partial charge >= 0.3 is 0 Å². The summed E-state index contributed by atoms with van der Waals surface area (Å²) in [4.78, 5) is 41.7. The minimum Gasteiger partial charge on any atom is -0.507 e. The summed E-state index contributed by atoms with van der Waals surface area (Å²) < 4.78 is 35.7. The van der Waals surface area contributed by atoms with Crippen molar-refractivity contribution in [2.24, 2.45) is 5.10 Å². The number of methoxy groups -OCH3 is 2. The van der Waals surface area contributed by atoms with Crippen molar-refractivity contribution >= 4 is 23.2 Å². The van der Waals surface area contributed by atoms with Crippen LogP contribution >= 0.6 is 0 Å². The van der Waals surface area contributed by atoms with Crippen molar-refractivity contribution < 1.29 is 63.2 Å². The average Bonchev–Trinajstić information content (AvgIpc) is 3.47. The summed E-state index contributed by atoms with van der Waals surface area (Å²) in [7, 11) is 2.88. The van der Waals surface area contributed by atoms with Crippen LogP contribution in [0, 0.1) is 0 Å². The fraction of sp³-hybridized carbons (Fsp3) is 0.529. The first-order valence-corrected chi connectivity index (χ1v) is 16.3. The molecule has 2 aromatic rings. The lowest BCUT2D eigenvalue weighted by Gasteiger charge is -2.44. The number of rotatable bonds is 7. The standard InChI is InChI=1S/C34H39N3O13/c1-14-31-18(37-8-9-47-33(46-4)32(37)50-31)10-22(48-14)49-20-12-34(44,21(13-38)36-35-15(2)39)11-17-24(20)30(43)26-25(28(17)41)27(40)16-6-5-7-19(45-3)23(16)29(26)42/h5-7,14,18,20,22,31-33,38,41,43-44H,8-13H2,1-4H3,(H,35,39)/b36-21+/t14-,18-,20-,22-,31+,32+,33-,34-/m0/s1. The number of amides is 1. The highest BCUT2D eigenvalue weighted by molar-refractivity contribution is 6.31. The number of aliphatic hydroxyl groups is 2. The third kappa shape index (κ3) is 5.38. The first kappa shape index (κ1) is 34.4. The molecule has 50 heavy (non-hydrogen) atoms. The predicted molar refractivity (Wildman–Crippen MR) is 170 cm³/mol. The van der Waals surface area contributed by atoms with Gasteiger partial charge in [-0.15, -0.1) is 0 Å². The Bertz CT molecular complexity index is 1780. The number of aromatic hydroxyl groups is 2. The molecule has 0 spiro atoms. The van der Waals surface area contributed by atoms with Gasteiger partial charge in [-0.1, -0.05) is 12.1 Å². The maximum Gasteiger partial charge on any atom is 0.236 e. The Labute approximate surface area is 286 Å². The van der Waals surface area contributed by atoms with Gasteiger partial charge in [-0.25, -0.2) is 5.43 Å². The molecule has 0 aromatic heterocycles. The molecule has 5 aliphatic rings. The maximum atomic E-state index is 14.0. The molecule has 1 amide bonds. The monoisotopic (exact) mass is 697 g/mol. The molecule has 0 radical (unpaired) electrons. The summed E-state index contributed by atoms with van der Waals surface area (Å²) in [5.41, 5.74) is -1.21. The van der Waals surface area contributed by atoms with Crippen LogP contribution in [-0.2, 0) is 34.9 Å². The van der Waals surface area contributed by atoms with Crippen molar-refractivity contribution in [3.8, 4) is 17.2 Å². The van der Waals surface area contributed by atoms with E-state index in [0.29, 0.717) is 19.6 Å². The second kappa shape index (κ2) is 13.0. The van der Waals surface area contributed by atoms with E-state index in [1.165, 1.54) is 39.3 Å². The van der Waals surface area contributed by atoms with E-state index in [1.807, 2.05) is 6.92 Å². The third-order valence-corrected chi connectivity index (χ3v) is 10.2. The molecule has 16 heteroatoms. The van der Waals surface area contributed by atoms with Gasteiger partial charge in [0.25, 0.3) is 0 Å². The highest BCUT2D eigenvalue weighted by Gasteiger charge is 2.55. The van der Waals surface area contributed by atoms with Crippen molar-refractivity contribution in [1.29, 1.82) is 0 Å². The van der Waals surface area contributed by atoms with E-state index in [-0.39, 0.29) is 52.3 Å². The van der Waals surface area contributed by atoms with Gasteiger partial charge in [0.1, 0.15) is 29.0 Å². The highest BCUT2D eigenvalue weighted by Crippen LogP contribution is 2.53. The molecule has 3 heterocycles. The van der Waals surface area contributed by atoms with E-state index < -0.39 is 89.7 Å². The molecule has 0 bridgehead atoms. The van der Waals surface area contributed by atoms with Crippen molar-refractivity contribution in [1.82, 2.24) is 10.3 Å². The fourth-order valence-corrected chi connectivity index (χ4v) is 7.98. The number of ketones is 2. The molecule has 268 valence electrons. The Morgan fingerprint density at radius 2 is 1.88 bits per heavy atom. The number of hydrogen-bond acceptors (Lipinski definition) is 15. The van der Waals surface area contributed by atoms with Gasteiger partial charge in [-0.2, -0.15) is 5.10 Å². The molecular formula is C34H39N3O13. The first-order chi connectivity index (χ1) is 23.9. The van der Waals surface area contributed by atoms with Crippen LogP contribution in [0.25, 0.3) is 0 Å². The van der Waals surface area contributed by atoms with E-state index >= 15 is 0 Å². The number of carbonyl (C=O) groups is 3. The number of carbonyl (C=O) groups excluding carboxylic acids is 3. The first-order valence-electron chi connectivity index (χ1n) is 16.3. The number of fused-ring (bicyclic) bond motifs is 6. The van der Waals surface area contributed by atoms with Crippen LogP contribution in [0.3, 0.4) is 0 Å². The number of phenols is 2. The minimum atomic E-state index is -2.06. The number of nitrogens with one attached hydrogen (secondary N) is 1. The van der Waals surface area contributed by atoms with Crippen molar-refractivity contribution in [3.05, 3.63) is 51.6 Å². The normalized spacial score (nSPS) is 32.0. The molecule has 2 aromatic carbocycles. The number of nitrogens with zero attached hydrogens (tertiary/aromatic N) is 2. The molecule has 3 aliphatic heterocycles. The Morgan fingerprint density at radius 3 is 2.58 bits per heavy atom. The average molecular weight is 698 g/mol. The molecule has 3 fully saturated rings. The number of hydrazone groups is 1. The number of aliphatic hydroxyl groups excluding tert-OH is 1. The topological polar surface area (TPSA) is 215 Å². The van der Waals surface area contributed by atoms with Crippen molar-refractivity contribution in [2.45, 2.75) is 81.9 Å². The number of ether oxygens (including phenoxy) is 6. The second-order valence-electron chi connectivity index (χ2n) is 13.1. The fourth-order valence-electron chi connectivity index (χ4n) is 7.98. The smallest absolute Gasteiger partial charge is 0.236 e. The molecular weight excluding hydrogens is 658 g/mol. The lowest BCUT2D eigenvalue weighted by atomic mass is 9.71. The van der Waals surface area contributed by atoms with Gasteiger partial charge < -0.3 is 48.8 Å². The Balaban J connectivity index is 1.32. The van der Waals surface area contributed by atoms with Crippen LogP contribution in [0.4, 0.5) is 0 Å². The van der Waals surface area contributed by atoms with Crippen molar-refractivity contribution in [3.63, 3.8) is 0 Å². The third-order valence-electron chi connectivity index (χ3n) is 10.2. The molecule has 5 N–H and O–H groups in total. The van der Waals surface area contributed by atoms with Gasteiger partial charge in [0.15, 0.2) is 24.6 Å². The number of morpholine rings is 1. The summed E-state index contributed by atoms with van der Waals surface area (Å²) >= 11 is 0. The maximum absolute atomic E-state index is 14.0. The van der Waals surface area contributed by atoms with Gasteiger partial charge in [0, 0.05) is 62.6 Å². The molecule has 2 aliphatic carbocycles. The molecule has 0 unspecified atom stereocenters. The zero-order valence-corrected chi connectivity index (χ0v) is 27.9. The van der Waals surface area contributed by atoms with Gasteiger partial charge in [-0.05, 0) is 13.0 Å². The lowest BCUT2D eigenvalue weighted by Crippen LogP contribution is -2.55. The molecule has 16 nitrogen and oxygen atoms in total. The van der Waals surface area contributed by atoms with E-state index in [1.54, 1.807) is 0 Å². The van der Waals surface area contributed by atoms with E-state index in [2.05, 4.69) is 15.4 Å². The zero-order chi connectivity index (χ0) is 35.6. The van der Waals surface area contributed by atoms with Crippen LogP contribution in [0.15, 0.2) is 23.3 Å². The van der Waals surface area contributed by atoms with Crippen LogP contribution in [0.1, 0.15) is 75.8 Å². The van der Waals surface area contributed by atoms with E-state index in [9.17, 15) is 34.8 Å². The molecule has 7 rings (SSSR count). The molecule has 3 saturated heterocycles. The Hall–Kier alpha value is -4.00. The number of phenolic OH excluding ortho intramolecular Hbond substituents is 2. The van der Waals surface area contributed by atoms with Crippen LogP contribution in [0.2, 0.25) is 0 Å². The zero-order valence-electron chi connectivity index (χ0n) is 27.9. The van der Waals surface area contributed by atoms with Gasteiger partial charge in [-0.3, -0.25) is 19.3 Å². The number of hydrogen-bond donors (Lipinski definition) is 5. The molecule has 8 atom stereocenters. The van der Waals surface area contributed by atoms with Crippen LogP contribution in [-0.4, -0.2) is 125 Å². The Kier molecular flexibility index (Phi) is 8.93. The largest absolute Gasteiger partial charge is 0.507 e. The summed E-state index contributed by atoms with van der Waals surface area (Å²) in [5.74, 6) is -3.19. The predicted octanol–water partition coefficient (Wildman–Crippen LogP) is 0.634. The second-order valence-corrected chi connectivity index (χ2v) is 13.1. The van der Waals surface area contributed by atoms with Crippen LogP contribution < -0.4 is 10.2 Å². The highest BCUT2D eigenvalue weighted by atomic mass is 16.7. The lowest BCUT2D eigenvalue weighted by molar-refractivity contribution is -0.255. The summed E-state index contributed by atoms with van der Waals surface area (Å²) in [6.07, 6.45) is -4.64. The van der Waals surface area contributed by atoms with Crippen molar-refractivity contribution in [2.75, 3.05) is 34.0 Å². The molecule has 0 saturated carbocycles. The number of benzene rings is 2. The van der Waals surface area contributed by atoms with Crippen LogP contribution in [0.5, 0.6) is 17.2 Å². The quantitative estimate of drug-likeness (QED) is 0.130. The summed E-state index contributed by atoms with van der Waals surface area (Å²) in [6.45, 7) is 3.22. The van der Waals surface area contributed by atoms with E-state index in [0.717, 1.165) is 0 Å². The van der Waals surface area contributed by atoms with Gasteiger partial charge in [0.2, 0.25) is 11.7 Å². The summed E-state index contributed by atoms with van der Waals surface area (Å²) in [5, 5.41) is 50.0. The summed E-state index contributed by atoms with van der Waals surface area (Å²) in [6, 6.07) is 4.27. The SMILES string of the molecule is COc1cccc2c1C(=O)c1c(O)c3c(c(O)c1C2=O)C[C@@](O)(/C(CO)=N/NC(C)=O)C[C@@H]3O[C@H]1C[C@H]2[C@H](O[C@@H]3[C@@H](OC)OCCN32)[C@H](C)O1. The minimum absolute atomic E-state index is 0.0336.